The van der Waals surface area contributed by atoms with Gasteiger partial charge in [-0.3, -0.25) is 4.79 Å². The number of carbonyl (C=O) groups is 1. The van der Waals surface area contributed by atoms with Crippen LogP contribution >= 0.6 is 11.6 Å². The van der Waals surface area contributed by atoms with Crippen LogP contribution in [0.25, 0.3) is 0 Å². The molecule has 1 aromatic rings. The van der Waals surface area contributed by atoms with Gasteiger partial charge in [0.2, 0.25) is 5.91 Å². The lowest BCUT2D eigenvalue weighted by molar-refractivity contribution is -0.116. The number of hydrogen-bond donors (Lipinski definition) is 2. The minimum absolute atomic E-state index is 0.0565. The number of amides is 1. The maximum atomic E-state index is 11.7. The predicted molar refractivity (Wildman–Crippen MR) is 70.3 cm³/mol. The summed E-state index contributed by atoms with van der Waals surface area (Å²) in [5, 5.41) is 6.88. The first-order valence-electron chi connectivity index (χ1n) is 6.03. The topological polar surface area (TPSA) is 41.1 Å². The number of carbonyl (C=O) groups excluding carboxylic acids is 1. The standard InChI is InChI=1S/C13H17ClN2O/c14-10-3-1-4-12(9-10)16-13(17)7-6-11-5-2-8-15-11/h1,3-4,9,11,15H,2,5-8H2,(H,16,17). The quantitative estimate of drug-likeness (QED) is 0.865. The van der Waals surface area contributed by atoms with Gasteiger partial charge in [-0.05, 0) is 44.0 Å². The van der Waals surface area contributed by atoms with Crippen molar-refractivity contribution in [3.63, 3.8) is 0 Å². The molecule has 0 spiro atoms. The molecule has 1 aliphatic heterocycles. The molecule has 2 N–H and O–H groups in total. The summed E-state index contributed by atoms with van der Waals surface area (Å²) in [6, 6.07) is 7.74. The fraction of sp³-hybridized carbons (Fsp3) is 0.462. The van der Waals surface area contributed by atoms with Crippen molar-refractivity contribution < 1.29 is 4.79 Å². The van der Waals surface area contributed by atoms with Crippen LogP contribution < -0.4 is 10.6 Å². The Hall–Kier alpha value is -1.06. The predicted octanol–water partition coefficient (Wildman–Crippen LogP) is 2.81. The summed E-state index contributed by atoms with van der Waals surface area (Å²) in [5.74, 6) is 0.0565. The summed E-state index contributed by atoms with van der Waals surface area (Å²) >= 11 is 5.85. The van der Waals surface area contributed by atoms with Crippen molar-refractivity contribution in [3.05, 3.63) is 29.3 Å². The lowest BCUT2D eigenvalue weighted by Crippen LogP contribution is -2.23. The molecule has 1 aromatic carbocycles. The molecule has 0 aliphatic carbocycles. The molecule has 1 atom stereocenters. The molecule has 3 nitrogen and oxygen atoms in total. The molecule has 17 heavy (non-hydrogen) atoms. The zero-order valence-corrected chi connectivity index (χ0v) is 10.5. The second-order valence-corrected chi connectivity index (χ2v) is 4.83. The van der Waals surface area contributed by atoms with E-state index < -0.39 is 0 Å². The van der Waals surface area contributed by atoms with E-state index in [4.69, 9.17) is 11.6 Å². The van der Waals surface area contributed by atoms with Crippen LogP contribution in [0.15, 0.2) is 24.3 Å². The Kier molecular flexibility index (Phi) is 4.40. The largest absolute Gasteiger partial charge is 0.326 e. The summed E-state index contributed by atoms with van der Waals surface area (Å²) in [6.45, 7) is 1.08. The normalized spacial score (nSPS) is 19.2. The summed E-state index contributed by atoms with van der Waals surface area (Å²) in [7, 11) is 0. The van der Waals surface area contributed by atoms with Gasteiger partial charge in [0.05, 0.1) is 0 Å². The van der Waals surface area contributed by atoms with Crippen LogP contribution in [0.1, 0.15) is 25.7 Å². The Labute approximate surface area is 107 Å². The SMILES string of the molecule is O=C(CCC1CCCN1)Nc1cccc(Cl)c1. The van der Waals surface area contributed by atoms with Crippen LogP contribution in [0.2, 0.25) is 5.02 Å². The van der Waals surface area contributed by atoms with E-state index >= 15 is 0 Å². The minimum Gasteiger partial charge on any atom is -0.326 e. The maximum absolute atomic E-state index is 11.7. The summed E-state index contributed by atoms with van der Waals surface area (Å²) in [5.41, 5.74) is 0.766. The van der Waals surface area contributed by atoms with Crippen molar-refractivity contribution in [2.45, 2.75) is 31.7 Å². The molecular weight excluding hydrogens is 236 g/mol. The lowest BCUT2D eigenvalue weighted by Gasteiger charge is -2.10. The van der Waals surface area contributed by atoms with Crippen molar-refractivity contribution in [2.75, 3.05) is 11.9 Å². The highest BCUT2D eigenvalue weighted by Gasteiger charge is 2.15. The number of nitrogens with one attached hydrogen (secondary N) is 2. The molecule has 1 unspecified atom stereocenters. The first kappa shape index (κ1) is 12.4. The molecule has 4 heteroatoms. The molecule has 1 saturated heterocycles. The Morgan fingerprint density at radius 3 is 3.12 bits per heavy atom. The third-order valence-electron chi connectivity index (χ3n) is 2.99. The van der Waals surface area contributed by atoms with Crippen LogP contribution in [0, 0.1) is 0 Å². The zero-order chi connectivity index (χ0) is 12.1. The first-order chi connectivity index (χ1) is 8.24. The second kappa shape index (κ2) is 6.03. The van der Waals surface area contributed by atoms with Gasteiger partial charge in [-0.2, -0.15) is 0 Å². The summed E-state index contributed by atoms with van der Waals surface area (Å²) in [4.78, 5) is 11.7. The molecule has 1 heterocycles. The molecule has 1 amide bonds. The first-order valence-corrected chi connectivity index (χ1v) is 6.40. The van der Waals surface area contributed by atoms with Crippen molar-refractivity contribution in [1.82, 2.24) is 5.32 Å². The van der Waals surface area contributed by atoms with Crippen LogP contribution in [0.3, 0.4) is 0 Å². The van der Waals surface area contributed by atoms with Crippen molar-refractivity contribution in [1.29, 1.82) is 0 Å². The summed E-state index contributed by atoms with van der Waals surface area (Å²) in [6.07, 6.45) is 3.88. The third kappa shape index (κ3) is 4.02. The Morgan fingerprint density at radius 1 is 1.53 bits per heavy atom. The van der Waals surface area contributed by atoms with E-state index in [1.54, 1.807) is 12.1 Å². The van der Waals surface area contributed by atoms with E-state index in [0.29, 0.717) is 17.5 Å². The lowest BCUT2D eigenvalue weighted by atomic mass is 10.1. The fourth-order valence-corrected chi connectivity index (χ4v) is 2.29. The van der Waals surface area contributed by atoms with Crippen LogP contribution in [-0.4, -0.2) is 18.5 Å². The smallest absolute Gasteiger partial charge is 0.224 e. The van der Waals surface area contributed by atoms with Crippen LogP contribution in [0.4, 0.5) is 5.69 Å². The molecule has 92 valence electrons. The van der Waals surface area contributed by atoms with Gasteiger partial charge in [0.1, 0.15) is 0 Å². The van der Waals surface area contributed by atoms with Gasteiger partial charge in [0.25, 0.3) is 0 Å². The number of benzene rings is 1. The van der Waals surface area contributed by atoms with E-state index in [-0.39, 0.29) is 5.91 Å². The molecule has 0 saturated carbocycles. The monoisotopic (exact) mass is 252 g/mol. The average Bonchev–Trinajstić information content (AvgIpc) is 2.79. The van der Waals surface area contributed by atoms with Gasteiger partial charge in [0, 0.05) is 23.2 Å². The number of anilines is 1. The molecule has 0 bridgehead atoms. The highest BCUT2D eigenvalue weighted by molar-refractivity contribution is 6.30. The molecule has 2 rings (SSSR count). The minimum atomic E-state index is 0.0565. The van der Waals surface area contributed by atoms with E-state index in [0.717, 1.165) is 18.7 Å². The van der Waals surface area contributed by atoms with E-state index in [2.05, 4.69) is 10.6 Å². The second-order valence-electron chi connectivity index (χ2n) is 4.39. The highest BCUT2D eigenvalue weighted by Crippen LogP contribution is 2.16. The van der Waals surface area contributed by atoms with Crippen molar-refractivity contribution in [2.24, 2.45) is 0 Å². The van der Waals surface area contributed by atoms with E-state index in [1.807, 2.05) is 12.1 Å². The van der Waals surface area contributed by atoms with Gasteiger partial charge < -0.3 is 10.6 Å². The van der Waals surface area contributed by atoms with Gasteiger partial charge in [-0.15, -0.1) is 0 Å². The molecular formula is C13H17ClN2O. The Bertz CT molecular complexity index is 389. The number of halogens is 1. The number of rotatable bonds is 4. The van der Waals surface area contributed by atoms with E-state index in [1.165, 1.54) is 12.8 Å². The van der Waals surface area contributed by atoms with Crippen molar-refractivity contribution >= 4 is 23.2 Å². The van der Waals surface area contributed by atoms with E-state index in [9.17, 15) is 4.79 Å². The molecule has 1 fully saturated rings. The van der Waals surface area contributed by atoms with Crippen molar-refractivity contribution in [3.8, 4) is 0 Å². The van der Waals surface area contributed by atoms with Gasteiger partial charge >= 0.3 is 0 Å². The zero-order valence-electron chi connectivity index (χ0n) is 9.71. The van der Waals surface area contributed by atoms with Gasteiger partial charge in [-0.25, -0.2) is 0 Å². The fourth-order valence-electron chi connectivity index (χ4n) is 2.10. The number of hydrogen-bond acceptors (Lipinski definition) is 2. The molecule has 1 aliphatic rings. The average molecular weight is 253 g/mol. The van der Waals surface area contributed by atoms with Gasteiger partial charge in [-0.1, -0.05) is 17.7 Å². The Balaban J connectivity index is 1.76. The molecule has 0 aromatic heterocycles. The van der Waals surface area contributed by atoms with Crippen LogP contribution in [0.5, 0.6) is 0 Å². The van der Waals surface area contributed by atoms with Gasteiger partial charge in [0.15, 0.2) is 0 Å². The summed E-state index contributed by atoms with van der Waals surface area (Å²) < 4.78 is 0. The third-order valence-corrected chi connectivity index (χ3v) is 3.23. The maximum Gasteiger partial charge on any atom is 0.224 e. The molecule has 0 radical (unpaired) electrons. The highest BCUT2D eigenvalue weighted by atomic mass is 35.5. The Morgan fingerprint density at radius 2 is 2.41 bits per heavy atom. The van der Waals surface area contributed by atoms with Crippen LogP contribution in [-0.2, 0) is 4.79 Å².